The van der Waals surface area contributed by atoms with Crippen LogP contribution in [0.1, 0.15) is 35.3 Å². The summed E-state index contributed by atoms with van der Waals surface area (Å²) in [7, 11) is 0. The highest BCUT2D eigenvalue weighted by Gasteiger charge is 2.22. The van der Waals surface area contributed by atoms with E-state index in [-0.39, 0.29) is 5.75 Å². The van der Waals surface area contributed by atoms with Crippen molar-refractivity contribution in [3.8, 4) is 11.8 Å². The van der Waals surface area contributed by atoms with E-state index in [1.54, 1.807) is 0 Å². The Kier molecular flexibility index (Phi) is 5.66. The maximum Gasteiger partial charge on any atom is 0.311 e. The Morgan fingerprint density at radius 2 is 2.15 bits per heavy atom. The molecule has 1 amide bonds. The van der Waals surface area contributed by atoms with Gasteiger partial charge in [-0.3, -0.25) is 14.9 Å². The van der Waals surface area contributed by atoms with E-state index in [1.165, 1.54) is 11.3 Å². The first-order chi connectivity index (χ1) is 13.0. The van der Waals surface area contributed by atoms with E-state index in [9.17, 15) is 24.6 Å². The molecule has 0 spiro atoms. The average Bonchev–Trinajstić information content (AvgIpc) is 2.79. The predicted octanol–water partition coefficient (Wildman–Crippen LogP) is 3.95. The minimum Gasteiger partial charge on any atom is -0.477 e. The molecule has 0 saturated carbocycles. The fourth-order valence-electron chi connectivity index (χ4n) is 3.01. The van der Waals surface area contributed by atoms with Gasteiger partial charge in [-0.25, -0.2) is 4.39 Å². The van der Waals surface area contributed by atoms with Crippen LogP contribution in [0, 0.1) is 27.3 Å². The second kappa shape index (κ2) is 8.14. The van der Waals surface area contributed by atoms with Crippen molar-refractivity contribution in [1.82, 2.24) is 0 Å². The summed E-state index contributed by atoms with van der Waals surface area (Å²) >= 11 is 1.38. The molecule has 1 aliphatic carbocycles. The Labute approximate surface area is 158 Å². The predicted molar refractivity (Wildman–Crippen MR) is 97.5 cm³/mol. The molecule has 0 atom stereocenters. The van der Waals surface area contributed by atoms with Crippen LogP contribution < -0.4 is 10.1 Å². The van der Waals surface area contributed by atoms with E-state index in [2.05, 4.69) is 11.4 Å². The maximum atomic E-state index is 13.3. The van der Waals surface area contributed by atoms with Crippen molar-refractivity contribution in [1.29, 1.82) is 5.26 Å². The van der Waals surface area contributed by atoms with Gasteiger partial charge in [-0.05, 0) is 37.3 Å². The molecule has 1 aromatic carbocycles. The molecule has 7 nitrogen and oxygen atoms in total. The number of halogens is 1. The fourth-order valence-corrected chi connectivity index (χ4v) is 4.27. The number of hydrogen-bond acceptors (Lipinski definition) is 6. The SMILES string of the molecule is N#Cc1c(NC(=O)COc2cc(F)ccc2[N+](=O)[O-])sc2c1CCCCC2. The number of nitro benzene ring substituents is 1. The van der Waals surface area contributed by atoms with Crippen LogP contribution in [0.25, 0.3) is 0 Å². The van der Waals surface area contributed by atoms with Gasteiger partial charge in [-0.2, -0.15) is 5.26 Å². The lowest BCUT2D eigenvalue weighted by molar-refractivity contribution is -0.385. The molecule has 0 radical (unpaired) electrons. The summed E-state index contributed by atoms with van der Waals surface area (Å²) in [5, 5.41) is 23.5. The van der Waals surface area contributed by atoms with Crippen molar-refractivity contribution < 1.29 is 18.8 Å². The zero-order valence-electron chi connectivity index (χ0n) is 14.3. The largest absolute Gasteiger partial charge is 0.477 e. The van der Waals surface area contributed by atoms with Gasteiger partial charge in [0.25, 0.3) is 5.91 Å². The molecule has 0 aliphatic heterocycles. The standard InChI is InChI=1S/C18H16FN3O4S/c19-11-6-7-14(22(24)25)15(8-11)26-10-17(23)21-18-13(9-20)12-4-2-1-3-5-16(12)27-18/h6-8H,1-5,10H2,(H,21,23). The number of nitro groups is 1. The number of rotatable bonds is 5. The number of carbonyl (C=O) groups excluding carboxylic acids is 1. The van der Waals surface area contributed by atoms with Crippen LogP contribution in [-0.4, -0.2) is 17.4 Å². The second-order valence-corrected chi connectivity index (χ2v) is 7.19. The number of carbonyl (C=O) groups is 1. The van der Waals surface area contributed by atoms with Crippen LogP contribution in [-0.2, 0) is 17.6 Å². The third kappa shape index (κ3) is 4.23. The Balaban J connectivity index is 1.72. The van der Waals surface area contributed by atoms with Crippen LogP contribution in [0.5, 0.6) is 5.75 Å². The molecule has 140 valence electrons. The number of anilines is 1. The van der Waals surface area contributed by atoms with Gasteiger partial charge in [0.2, 0.25) is 5.75 Å². The molecule has 0 bridgehead atoms. The van der Waals surface area contributed by atoms with Crippen molar-refractivity contribution in [3.05, 3.63) is 50.1 Å². The number of nitriles is 1. The van der Waals surface area contributed by atoms with Crippen LogP contribution in [0.15, 0.2) is 18.2 Å². The molecular formula is C18H16FN3O4S. The number of ether oxygens (including phenoxy) is 1. The molecule has 1 N–H and O–H groups in total. The fraction of sp³-hybridized carbons (Fsp3) is 0.333. The van der Waals surface area contributed by atoms with Crippen LogP contribution in [0.4, 0.5) is 15.1 Å². The van der Waals surface area contributed by atoms with Gasteiger partial charge in [0.15, 0.2) is 6.61 Å². The molecule has 0 saturated heterocycles. The van der Waals surface area contributed by atoms with Crippen molar-refractivity contribution in [3.63, 3.8) is 0 Å². The monoisotopic (exact) mass is 389 g/mol. The summed E-state index contributed by atoms with van der Waals surface area (Å²) in [6.07, 6.45) is 4.89. The number of amides is 1. The third-order valence-corrected chi connectivity index (χ3v) is 5.47. The molecule has 0 fully saturated rings. The molecule has 0 unspecified atom stereocenters. The van der Waals surface area contributed by atoms with Crippen molar-refractivity contribution in [2.45, 2.75) is 32.1 Å². The first-order valence-electron chi connectivity index (χ1n) is 8.41. The Bertz CT molecular complexity index is 935. The van der Waals surface area contributed by atoms with Gasteiger partial charge in [0, 0.05) is 17.0 Å². The lowest BCUT2D eigenvalue weighted by atomic mass is 10.1. The summed E-state index contributed by atoms with van der Waals surface area (Å²) in [5.41, 5.74) is 1.05. The topological polar surface area (TPSA) is 105 Å². The van der Waals surface area contributed by atoms with Crippen LogP contribution in [0.2, 0.25) is 0 Å². The number of fused-ring (bicyclic) bond motifs is 1. The quantitative estimate of drug-likeness (QED) is 0.473. The molecule has 9 heteroatoms. The summed E-state index contributed by atoms with van der Waals surface area (Å²) in [6, 6.07) is 4.94. The van der Waals surface area contributed by atoms with Gasteiger partial charge in [-0.1, -0.05) is 6.42 Å². The molecule has 2 aromatic rings. The Hall–Kier alpha value is -2.99. The van der Waals surface area contributed by atoms with Gasteiger partial charge in [0.05, 0.1) is 10.5 Å². The first-order valence-corrected chi connectivity index (χ1v) is 9.22. The number of thiophene rings is 1. The van der Waals surface area contributed by atoms with E-state index in [0.29, 0.717) is 10.6 Å². The van der Waals surface area contributed by atoms with Gasteiger partial charge < -0.3 is 10.1 Å². The number of benzene rings is 1. The van der Waals surface area contributed by atoms with Crippen LogP contribution in [0.3, 0.4) is 0 Å². The van der Waals surface area contributed by atoms with E-state index in [1.807, 2.05) is 0 Å². The zero-order valence-corrected chi connectivity index (χ0v) is 15.1. The van der Waals surface area contributed by atoms with Crippen molar-refractivity contribution >= 4 is 27.9 Å². The normalized spacial score (nSPS) is 13.2. The smallest absolute Gasteiger partial charge is 0.311 e. The van der Waals surface area contributed by atoms with Gasteiger partial charge in [-0.15, -0.1) is 11.3 Å². The average molecular weight is 389 g/mol. The second-order valence-electron chi connectivity index (χ2n) is 6.09. The van der Waals surface area contributed by atoms with E-state index in [4.69, 9.17) is 4.74 Å². The lowest BCUT2D eigenvalue weighted by Gasteiger charge is -2.07. The molecular weight excluding hydrogens is 373 g/mol. The molecule has 3 rings (SSSR count). The van der Waals surface area contributed by atoms with Gasteiger partial charge in [0.1, 0.15) is 16.9 Å². The Morgan fingerprint density at radius 3 is 2.89 bits per heavy atom. The maximum absolute atomic E-state index is 13.3. The highest BCUT2D eigenvalue weighted by atomic mass is 32.1. The summed E-state index contributed by atoms with van der Waals surface area (Å²) in [5.74, 6) is -1.59. The first kappa shape index (κ1) is 18.8. The molecule has 1 aromatic heterocycles. The zero-order chi connectivity index (χ0) is 19.4. The third-order valence-electron chi connectivity index (χ3n) is 4.26. The lowest BCUT2D eigenvalue weighted by Crippen LogP contribution is -2.20. The van der Waals surface area contributed by atoms with E-state index < -0.39 is 28.9 Å². The minimum absolute atomic E-state index is 0.322. The molecule has 27 heavy (non-hydrogen) atoms. The molecule has 1 aliphatic rings. The van der Waals surface area contributed by atoms with Crippen molar-refractivity contribution in [2.75, 3.05) is 11.9 Å². The number of nitrogens with one attached hydrogen (secondary N) is 1. The summed E-state index contributed by atoms with van der Waals surface area (Å²) in [4.78, 5) is 23.6. The van der Waals surface area contributed by atoms with Crippen LogP contribution >= 0.6 is 11.3 Å². The van der Waals surface area contributed by atoms with E-state index >= 15 is 0 Å². The van der Waals surface area contributed by atoms with E-state index in [0.717, 1.165) is 60.7 Å². The number of hydrogen-bond donors (Lipinski definition) is 1. The van der Waals surface area contributed by atoms with Crippen molar-refractivity contribution in [2.24, 2.45) is 0 Å². The number of nitrogens with zero attached hydrogens (tertiary/aromatic N) is 2. The molecule has 1 heterocycles. The highest BCUT2D eigenvalue weighted by molar-refractivity contribution is 7.16. The minimum atomic E-state index is -0.712. The number of aryl methyl sites for hydroxylation is 1. The van der Waals surface area contributed by atoms with Gasteiger partial charge >= 0.3 is 5.69 Å². The summed E-state index contributed by atoms with van der Waals surface area (Å²) < 4.78 is 18.4. The summed E-state index contributed by atoms with van der Waals surface area (Å²) in [6.45, 7) is -0.530. The Morgan fingerprint density at radius 1 is 1.37 bits per heavy atom. The highest BCUT2D eigenvalue weighted by Crippen LogP contribution is 2.37.